The zero-order valence-electron chi connectivity index (χ0n) is 8.40. The Balaban J connectivity index is 2.53. The fourth-order valence-electron chi connectivity index (χ4n) is 1.52. The van der Waals surface area contributed by atoms with E-state index in [1.807, 2.05) is 54.6 Å². The minimum atomic E-state index is 0.0170. The summed E-state index contributed by atoms with van der Waals surface area (Å²) >= 11 is 11.2. The Morgan fingerprint density at radius 1 is 0.812 bits per heavy atom. The van der Waals surface area contributed by atoms with Crippen molar-refractivity contribution in [2.75, 3.05) is 0 Å². The van der Waals surface area contributed by atoms with Gasteiger partial charge in [-0.25, -0.2) is 4.99 Å². The monoisotopic (exact) mass is 249 g/mol. The molecule has 2 aromatic carbocycles. The van der Waals surface area contributed by atoms with E-state index in [-0.39, 0.29) is 4.63 Å². The molecule has 0 heterocycles. The molecular formula is C13H9Cl2N. The quantitative estimate of drug-likeness (QED) is 0.677. The summed E-state index contributed by atoms with van der Waals surface area (Å²) in [4.78, 5) is 4.08. The molecule has 0 spiro atoms. The van der Waals surface area contributed by atoms with E-state index in [2.05, 4.69) is 4.99 Å². The zero-order valence-corrected chi connectivity index (χ0v) is 9.91. The lowest BCUT2D eigenvalue weighted by atomic mass is 10.0. The van der Waals surface area contributed by atoms with E-state index >= 15 is 0 Å². The third-order valence-corrected chi connectivity index (χ3v) is 2.36. The fraction of sp³-hybridized carbons (Fsp3) is 0. The Kier molecular flexibility index (Phi) is 3.60. The summed E-state index contributed by atoms with van der Waals surface area (Å²) in [7, 11) is 0. The van der Waals surface area contributed by atoms with E-state index in [9.17, 15) is 0 Å². The van der Waals surface area contributed by atoms with E-state index in [0.717, 1.165) is 16.8 Å². The minimum absolute atomic E-state index is 0.0170. The number of halogens is 2. The maximum atomic E-state index is 5.59. The summed E-state index contributed by atoms with van der Waals surface area (Å²) in [6, 6.07) is 17.7. The molecule has 0 saturated heterocycles. The summed E-state index contributed by atoms with van der Waals surface area (Å²) in [5.74, 6) is 0. The van der Waals surface area contributed by atoms with Crippen LogP contribution in [-0.2, 0) is 0 Å². The lowest BCUT2D eigenvalue weighted by Crippen LogP contribution is -1.79. The van der Waals surface area contributed by atoms with Gasteiger partial charge >= 0.3 is 0 Å². The predicted octanol–water partition coefficient (Wildman–Crippen LogP) is 4.82. The Morgan fingerprint density at radius 2 is 1.44 bits per heavy atom. The van der Waals surface area contributed by atoms with Crippen molar-refractivity contribution in [3.05, 3.63) is 54.6 Å². The second-order valence-electron chi connectivity index (χ2n) is 3.24. The van der Waals surface area contributed by atoms with Gasteiger partial charge in [0.25, 0.3) is 0 Å². The first kappa shape index (κ1) is 11.2. The minimum Gasteiger partial charge on any atom is -0.225 e. The van der Waals surface area contributed by atoms with Gasteiger partial charge in [0.1, 0.15) is 0 Å². The molecule has 0 amide bonds. The maximum Gasteiger partial charge on any atom is 0.197 e. The van der Waals surface area contributed by atoms with Gasteiger partial charge in [0.2, 0.25) is 0 Å². The van der Waals surface area contributed by atoms with Crippen molar-refractivity contribution >= 4 is 33.5 Å². The standard InChI is InChI=1S/C13H9Cl2N/c14-13(15)16-12-9-5-4-8-11(12)10-6-2-1-3-7-10/h1-9H. The lowest BCUT2D eigenvalue weighted by molar-refractivity contribution is 1.52. The van der Waals surface area contributed by atoms with Crippen LogP contribution in [0, 0.1) is 0 Å². The van der Waals surface area contributed by atoms with Crippen molar-refractivity contribution < 1.29 is 0 Å². The Morgan fingerprint density at radius 3 is 2.12 bits per heavy atom. The normalized spacial score (nSPS) is 9.88. The lowest BCUT2D eigenvalue weighted by Gasteiger charge is -2.04. The molecule has 2 aromatic rings. The first-order chi connectivity index (χ1) is 7.77. The van der Waals surface area contributed by atoms with Crippen molar-refractivity contribution in [3.8, 4) is 11.1 Å². The van der Waals surface area contributed by atoms with Crippen molar-refractivity contribution in [2.24, 2.45) is 4.99 Å². The molecule has 0 radical (unpaired) electrons. The second-order valence-corrected chi connectivity index (χ2v) is 4.14. The number of para-hydroxylation sites is 1. The molecule has 80 valence electrons. The molecule has 0 bridgehead atoms. The number of benzene rings is 2. The molecule has 0 saturated carbocycles. The molecule has 2 rings (SSSR count). The van der Waals surface area contributed by atoms with E-state index in [1.165, 1.54) is 0 Å². The summed E-state index contributed by atoms with van der Waals surface area (Å²) in [6.45, 7) is 0. The molecule has 0 unspecified atom stereocenters. The van der Waals surface area contributed by atoms with Crippen LogP contribution in [0.15, 0.2) is 59.6 Å². The molecule has 1 nitrogen and oxygen atoms in total. The number of hydrogen-bond acceptors (Lipinski definition) is 1. The van der Waals surface area contributed by atoms with Gasteiger partial charge in [-0.15, -0.1) is 0 Å². The van der Waals surface area contributed by atoms with Crippen LogP contribution >= 0.6 is 23.2 Å². The molecule has 0 aliphatic heterocycles. The summed E-state index contributed by atoms with van der Waals surface area (Å²) in [5.41, 5.74) is 2.88. The largest absolute Gasteiger partial charge is 0.225 e. The SMILES string of the molecule is ClC(Cl)=Nc1ccccc1-c1ccccc1. The Hall–Kier alpha value is -1.31. The first-order valence-electron chi connectivity index (χ1n) is 4.81. The van der Waals surface area contributed by atoms with Crippen molar-refractivity contribution in [2.45, 2.75) is 0 Å². The highest BCUT2D eigenvalue weighted by Crippen LogP contribution is 2.30. The zero-order chi connectivity index (χ0) is 11.4. The van der Waals surface area contributed by atoms with Crippen LogP contribution in [-0.4, -0.2) is 4.63 Å². The smallest absolute Gasteiger partial charge is 0.197 e. The fourth-order valence-corrected chi connectivity index (χ4v) is 1.71. The van der Waals surface area contributed by atoms with Crippen LogP contribution in [0.2, 0.25) is 0 Å². The number of nitrogens with zero attached hydrogens (tertiary/aromatic N) is 1. The van der Waals surface area contributed by atoms with E-state index < -0.39 is 0 Å². The van der Waals surface area contributed by atoms with Crippen LogP contribution in [0.3, 0.4) is 0 Å². The third kappa shape index (κ3) is 2.63. The highest BCUT2D eigenvalue weighted by molar-refractivity contribution is 6.95. The van der Waals surface area contributed by atoms with Crippen LogP contribution in [0.4, 0.5) is 5.69 Å². The average molecular weight is 250 g/mol. The molecule has 0 aromatic heterocycles. The molecule has 0 aliphatic rings. The maximum absolute atomic E-state index is 5.59. The van der Waals surface area contributed by atoms with Gasteiger partial charge in [0.05, 0.1) is 5.69 Å². The average Bonchev–Trinajstić information content (AvgIpc) is 2.30. The Labute approximate surface area is 104 Å². The van der Waals surface area contributed by atoms with Gasteiger partial charge in [-0.05, 0) is 34.8 Å². The summed E-state index contributed by atoms with van der Waals surface area (Å²) in [5, 5.41) is 0. The van der Waals surface area contributed by atoms with Crippen LogP contribution in [0.25, 0.3) is 11.1 Å². The van der Waals surface area contributed by atoms with Crippen molar-refractivity contribution in [1.29, 1.82) is 0 Å². The van der Waals surface area contributed by atoms with Gasteiger partial charge in [-0.1, -0.05) is 48.5 Å². The summed E-state index contributed by atoms with van der Waals surface area (Å²) in [6.07, 6.45) is 0. The number of aliphatic imine (C=N–C) groups is 1. The molecule has 0 atom stereocenters. The van der Waals surface area contributed by atoms with Crippen molar-refractivity contribution in [1.82, 2.24) is 0 Å². The van der Waals surface area contributed by atoms with Crippen LogP contribution in [0.5, 0.6) is 0 Å². The second kappa shape index (κ2) is 5.15. The predicted molar refractivity (Wildman–Crippen MR) is 70.7 cm³/mol. The van der Waals surface area contributed by atoms with Crippen molar-refractivity contribution in [3.63, 3.8) is 0 Å². The molecule has 16 heavy (non-hydrogen) atoms. The van der Waals surface area contributed by atoms with E-state index in [4.69, 9.17) is 23.2 Å². The first-order valence-corrected chi connectivity index (χ1v) is 5.57. The molecular weight excluding hydrogens is 241 g/mol. The van der Waals surface area contributed by atoms with Gasteiger partial charge in [0, 0.05) is 5.56 Å². The van der Waals surface area contributed by atoms with Crippen LogP contribution < -0.4 is 0 Å². The molecule has 3 heteroatoms. The molecule has 0 fully saturated rings. The highest BCUT2D eigenvalue weighted by atomic mass is 35.5. The Bertz CT molecular complexity index is 502. The highest BCUT2D eigenvalue weighted by Gasteiger charge is 2.02. The topological polar surface area (TPSA) is 12.4 Å². The number of rotatable bonds is 2. The van der Waals surface area contributed by atoms with Gasteiger partial charge in [0.15, 0.2) is 4.63 Å². The van der Waals surface area contributed by atoms with Crippen LogP contribution in [0.1, 0.15) is 0 Å². The summed E-state index contributed by atoms with van der Waals surface area (Å²) < 4.78 is 0.0170. The van der Waals surface area contributed by atoms with E-state index in [1.54, 1.807) is 0 Å². The number of hydrogen-bond donors (Lipinski definition) is 0. The van der Waals surface area contributed by atoms with E-state index in [0.29, 0.717) is 0 Å². The molecule has 0 aliphatic carbocycles. The van der Waals surface area contributed by atoms with Gasteiger partial charge < -0.3 is 0 Å². The van der Waals surface area contributed by atoms with Gasteiger partial charge in [-0.3, -0.25) is 0 Å². The molecule has 0 N–H and O–H groups in total. The van der Waals surface area contributed by atoms with Gasteiger partial charge in [-0.2, -0.15) is 0 Å². The third-order valence-electron chi connectivity index (χ3n) is 2.19.